The van der Waals surface area contributed by atoms with Crippen molar-refractivity contribution in [3.05, 3.63) is 23.8 Å². The highest BCUT2D eigenvalue weighted by Crippen LogP contribution is 2.28. The number of esters is 1. The van der Waals surface area contributed by atoms with E-state index in [0.29, 0.717) is 23.7 Å². The van der Waals surface area contributed by atoms with E-state index < -0.39 is 0 Å². The van der Waals surface area contributed by atoms with Crippen LogP contribution in [0.4, 0.5) is 0 Å². The van der Waals surface area contributed by atoms with Crippen molar-refractivity contribution in [1.82, 2.24) is 0 Å². The Kier molecular flexibility index (Phi) is 5.49. The Labute approximate surface area is 108 Å². The van der Waals surface area contributed by atoms with Gasteiger partial charge in [0.05, 0.1) is 25.4 Å². The number of hydrogen-bond donors (Lipinski definition) is 0. The first-order valence-electron chi connectivity index (χ1n) is 6.10. The molecule has 1 aromatic carbocycles. The lowest BCUT2D eigenvalue weighted by molar-refractivity contribution is 0.0377. The topological polar surface area (TPSA) is 44.8 Å². The van der Waals surface area contributed by atoms with Crippen LogP contribution in [-0.2, 0) is 4.74 Å². The number of hydrogen-bond acceptors (Lipinski definition) is 4. The van der Waals surface area contributed by atoms with Crippen molar-refractivity contribution in [2.75, 3.05) is 13.7 Å². The van der Waals surface area contributed by atoms with Gasteiger partial charge in [-0.05, 0) is 38.5 Å². The molecule has 0 aromatic heterocycles. The van der Waals surface area contributed by atoms with E-state index in [1.807, 2.05) is 20.8 Å². The van der Waals surface area contributed by atoms with Gasteiger partial charge in [0.2, 0.25) is 0 Å². The predicted molar refractivity (Wildman–Crippen MR) is 69.3 cm³/mol. The fourth-order valence-electron chi connectivity index (χ4n) is 1.41. The van der Waals surface area contributed by atoms with Crippen molar-refractivity contribution in [3.8, 4) is 11.5 Å². The van der Waals surface area contributed by atoms with Crippen LogP contribution in [0.15, 0.2) is 18.2 Å². The molecule has 4 nitrogen and oxygen atoms in total. The average Bonchev–Trinajstić information content (AvgIpc) is 2.35. The number of carbonyl (C=O) groups is 1. The third kappa shape index (κ3) is 3.95. The van der Waals surface area contributed by atoms with E-state index in [9.17, 15) is 4.79 Å². The zero-order valence-corrected chi connectivity index (χ0v) is 11.4. The van der Waals surface area contributed by atoms with Crippen LogP contribution in [-0.4, -0.2) is 25.8 Å². The molecule has 1 aromatic rings. The molecule has 0 aliphatic heterocycles. The van der Waals surface area contributed by atoms with Crippen LogP contribution in [0.2, 0.25) is 0 Å². The maximum atomic E-state index is 11.7. The van der Waals surface area contributed by atoms with Crippen LogP contribution in [0.5, 0.6) is 11.5 Å². The Morgan fingerprint density at radius 3 is 2.56 bits per heavy atom. The summed E-state index contributed by atoms with van der Waals surface area (Å²) in [6.07, 6.45) is 0.778. The highest BCUT2D eigenvalue weighted by Gasteiger charge is 2.13. The third-order valence-electron chi connectivity index (χ3n) is 2.20. The second-order valence-electron chi connectivity index (χ2n) is 4.17. The van der Waals surface area contributed by atoms with Gasteiger partial charge in [-0.3, -0.25) is 0 Å². The summed E-state index contributed by atoms with van der Waals surface area (Å²) in [5.74, 6) is 0.826. The summed E-state index contributed by atoms with van der Waals surface area (Å²) in [6, 6.07) is 5.04. The van der Waals surface area contributed by atoms with Gasteiger partial charge in [-0.25, -0.2) is 4.79 Å². The molecule has 0 radical (unpaired) electrons. The van der Waals surface area contributed by atoms with Crippen molar-refractivity contribution in [1.29, 1.82) is 0 Å². The smallest absolute Gasteiger partial charge is 0.338 e. The number of methoxy groups -OCH3 is 1. The molecule has 0 aliphatic carbocycles. The fraction of sp³-hybridized carbons (Fsp3) is 0.500. The van der Waals surface area contributed by atoms with E-state index in [1.165, 1.54) is 0 Å². The monoisotopic (exact) mass is 252 g/mol. The number of ether oxygens (including phenoxy) is 3. The molecule has 0 amide bonds. The van der Waals surface area contributed by atoms with E-state index in [0.717, 1.165) is 6.42 Å². The molecule has 18 heavy (non-hydrogen) atoms. The molecule has 1 rings (SSSR count). The molecular weight excluding hydrogens is 232 g/mol. The fourth-order valence-corrected chi connectivity index (χ4v) is 1.41. The number of rotatable bonds is 6. The number of carbonyl (C=O) groups excluding carboxylic acids is 1. The zero-order valence-electron chi connectivity index (χ0n) is 11.4. The van der Waals surface area contributed by atoms with Crippen molar-refractivity contribution in [3.63, 3.8) is 0 Å². The Bertz CT molecular complexity index is 399. The Balaban J connectivity index is 2.87. The van der Waals surface area contributed by atoms with Gasteiger partial charge in [-0.1, -0.05) is 6.92 Å². The van der Waals surface area contributed by atoms with E-state index in [1.54, 1.807) is 25.3 Å². The van der Waals surface area contributed by atoms with Gasteiger partial charge in [0.25, 0.3) is 0 Å². The summed E-state index contributed by atoms with van der Waals surface area (Å²) in [6.45, 7) is 6.27. The molecule has 0 unspecified atom stereocenters. The Hall–Kier alpha value is -1.71. The van der Waals surface area contributed by atoms with E-state index >= 15 is 0 Å². The van der Waals surface area contributed by atoms with Gasteiger partial charge < -0.3 is 14.2 Å². The minimum Gasteiger partial charge on any atom is -0.493 e. The molecule has 0 fully saturated rings. The van der Waals surface area contributed by atoms with Gasteiger partial charge in [-0.15, -0.1) is 0 Å². The van der Waals surface area contributed by atoms with Crippen LogP contribution in [0, 0.1) is 0 Å². The first-order valence-corrected chi connectivity index (χ1v) is 6.10. The van der Waals surface area contributed by atoms with Gasteiger partial charge in [0.1, 0.15) is 0 Å². The molecule has 100 valence electrons. The van der Waals surface area contributed by atoms with Crippen molar-refractivity contribution in [2.45, 2.75) is 33.3 Å². The SMILES string of the molecule is CCCOc1ccc(C(=O)OC(C)C)cc1OC. The second kappa shape index (κ2) is 6.89. The quantitative estimate of drug-likeness (QED) is 0.730. The van der Waals surface area contributed by atoms with Crippen molar-refractivity contribution >= 4 is 5.97 Å². The van der Waals surface area contributed by atoms with Crippen LogP contribution in [0.1, 0.15) is 37.6 Å². The van der Waals surface area contributed by atoms with E-state index in [2.05, 4.69) is 0 Å². The predicted octanol–water partition coefficient (Wildman–Crippen LogP) is 3.05. The standard InChI is InChI=1S/C14H20O4/c1-5-8-17-12-7-6-11(9-13(12)16-4)14(15)18-10(2)3/h6-7,9-10H,5,8H2,1-4H3. The summed E-state index contributed by atoms with van der Waals surface area (Å²) in [7, 11) is 1.55. The minimum absolute atomic E-state index is 0.139. The van der Waals surface area contributed by atoms with Gasteiger partial charge in [-0.2, -0.15) is 0 Å². The lowest BCUT2D eigenvalue weighted by Crippen LogP contribution is -2.11. The maximum absolute atomic E-state index is 11.7. The highest BCUT2D eigenvalue weighted by atomic mass is 16.5. The van der Waals surface area contributed by atoms with Crippen LogP contribution < -0.4 is 9.47 Å². The third-order valence-corrected chi connectivity index (χ3v) is 2.20. The molecule has 0 atom stereocenters. The number of benzene rings is 1. The van der Waals surface area contributed by atoms with Gasteiger partial charge in [0, 0.05) is 0 Å². The minimum atomic E-state index is -0.356. The molecule has 4 heteroatoms. The highest BCUT2D eigenvalue weighted by molar-refractivity contribution is 5.90. The Morgan fingerprint density at radius 1 is 1.28 bits per heavy atom. The molecule has 0 bridgehead atoms. The maximum Gasteiger partial charge on any atom is 0.338 e. The first-order chi connectivity index (χ1) is 8.58. The molecule has 0 saturated carbocycles. The largest absolute Gasteiger partial charge is 0.493 e. The van der Waals surface area contributed by atoms with Crippen molar-refractivity contribution in [2.24, 2.45) is 0 Å². The van der Waals surface area contributed by atoms with Crippen molar-refractivity contribution < 1.29 is 19.0 Å². The average molecular weight is 252 g/mol. The molecule has 0 N–H and O–H groups in total. The van der Waals surface area contributed by atoms with Crippen LogP contribution in [0.25, 0.3) is 0 Å². The molecule has 0 aliphatic rings. The molecule has 0 saturated heterocycles. The normalized spacial score (nSPS) is 10.3. The summed E-state index contributed by atoms with van der Waals surface area (Å²) < 4.78 is 15.8. The first kappa shape index (κ1) is 14.4. The molecule has 0 heterocycles. The summed E-state index contributed by atoms with van der Waals surface area (Å²) in [4.78, 5) is 11.7. The van der Waals surface area contributed by atoms with Gasteiger partial charge >= 0.3 is 5.97 Å². The zero-order chi connectivity index (χ0) is 13.5. The summed E-state index contributed by atoms with van der Waals surface area (Å²) in [5.41, 5.74) is 0.462. The van der Waals surface area contributed by atoms with E-state index in [4.69, 9.17) is 14.2 Å². The molecule has 0 spiro atoms. The summed E-state index contributed by atoms with van der Waals surface area (Å²) >= 11 is 0. The second-order valence-corrected chi connectivity index (χ2v) is 4.17. The van der Waals surface area contributed by atoms with Crippen LogP contribution >= 0.6 is 0 Å². The van der Waals surface area contributed by atoms with Gasteiger partial charge in [0.15, 0.2) is 11.5 Å². The summed E-state index contributed by atoms with van der Waals surface area (Å²) in [5, 5.41) is 0. The van der Waals surface area contributed by atoms with Crippen LogP contribution in [0.3, 0.4) is 0 Å². The lowest BCUT2D eigenvalue weighted by Gasteiger charge is -2.12. The van der Waals surface area contributed by atoms with E-state index in [-0.39, 0.29) is 12.1 Å². The lowest BCUT2D eigenvalue weighted by atomic mass is 10.2. The molecular formula is C14H20O4. The Morgan fingerprint density at radius 2 is 2.00 bits per heavy atom.